The average molecular weight is 484 g/mol. The number of anilines is 1. The molecule has 0 spiro atoms. The van der Waals surface area contributed by atoms with E-state index in [0.717, 1.165) is 12.1 Å². The maximum absolute atomic E-state index is 13.4. The Balaban J connectivity index is 1.42. The van der Waals surface area contributed by atoms with Crippen molar-refractivity contribution in [3.63, 3.8) is 0 Å². The summed E-state index contributed by atoms with van der Waals surface area (Å²) in [5.74, 6) is -3.18. The first-order chi connectivity index (χ1) is 16.3. The minimum atomic E-state index is -3.12. The molecule has 1 amide bonds. The van der Waals surface area contributed by atoms with Gasteiger partial charge in [0.05, 0.1) is 0 Å². The molecule has 1 atom stereocenters. The fourth-order valence-electron chi connectivity index (χ4n) is 3.70. The van der Waals surface area contributed by atoms with E-state index in [1.807, 2.05) is 4.90 Å². The van der Waals surface area contributed by atoms with Crippen LogP contribution < -0.4 is 19.1 Å². The van der Waals surface area contributed by atoms with Gasteiger partial charge in [-0.05, 0) is 36.8 Å². The van der Waals surface area contributed by atoms with E-state index < -0.39 is 30.3 Å². The van der Waals surface area contributed by atoms with E-state index in [4.69, 9.17) is 9.47 Å². The van der Waals surface area contributed by atoms with E-state index in [1.165, 1.54) is 35.2 Å². The summed E-state index contributed by atoms with van der Waals surface area (Å²) in [5.41, 5.74) is 0.243. The van der Waals surface area contributed by atoms with E-state index in [0.29, 0.717) is 26.1 Å². The molecule has 6 nitrogen and oxygen atoms in total. The predicted molar refractivity (Wildman–Crippen MR) is 112 cm³/mol. The largest absolute Gasteiger partial charge is 0.488 e. The fourth-order valence-corrected chi connectivity index (χ4v) is 3.70. The van der Waals surface area contributed by atoms with E-state index in [2.05, 4.69) is 4.74 Å². The van der Waals surface area contributed by atoms with Crippen LogP contribution in [0.3, 0.4) is 0 Å². The Morgan fingerprint density at radius 1 is 1.06 bits per heavy atom. The van der Waals surface area contributed by atoms with Crippen LogP contribution in [0.25, 0.3) is 0 Å². The highest BCUT2D eigenvalue weighted by Gasteiger charge is 2.29. The second kappa shape index (κ2) is 10.3. The van der Waals surface area contributed by atoms with Gasteiger partial charge in [-0.25, -0.2) is 13.2 Å². The van der Waals surface area contributed by atoms with Gasteiger partial charge in [0.1, 0.15) is 18.5 Å². The number of rotatable bonds is 9. The minimum absolute atomic E-state index is 0.0536. The van der Waals surface area contributed by atoms with Crippen molar-refractivity contribution >= 4 is 11.6 Å². The number of likely N-dealkylation sites (tertiary alicyclic amines) is 1. The highest BCUT2D eigenvalue weighted by Crippen LogP contribution is 2.35. The van der Waals surface area contributed by atoms with Crippen LogP contribution in [0.5, 0.6) is 17.2 Å². The topological polar surface area (TPSA) is 51.2 Å². The molecular weight excluding hydrogens is 463 g/mol. The van der Waals surface area contributed by atoms with Crippen LogP contribution in [-0.4, -0.2) is 56.4 Å². The van der Waals surface area contributed by atoms with E-state index in [-0.39, 0.29) is 41.8 Å². The quantitative estimate of drug-likeness (QED) is 0.497. The number of halogens is 5. The molecule has 0 saturated carbocycles. The van der Waals surface area contributed by atoms with Gasteiger partial charge < -0.3 is 19.1 Å². The number of hydrogen-bond acceptors (Lipinski definition) is 5. The van der Waals surface area contributed by atoms with Crippen LogP contribution >= 0.6 is 0 Å². The number of amides is 1. The number of alkyl halides is 3. The first kappa shape index (κ1) is 23.8. The molecule has 1 saturated heterocycles. The highest BCUT2D eigenvalue weighted by molar-refractivity contribution is 6.07. The number of carbonyl (C=O) groups is 1. The summed E-state index contributed by atoms with van der Waals surface area (Å²) in [7, 11) is 0. The second-order valence-corrected chi connectivity index (χ2v) is 7.71. The first-order valence-electron chi connectivity index (χ1n) is 10.5. The van der Waals surface area contributed by atoms with E-state index in [1.54, 1.807) is 0 Å². The van der Waals surface area contributed by atoms with Crippen molar-refractivity contribution in [2.24, 2.45) is 0 Å². The molecule has 0 aromatic heterocycles. The first-order valence-corrected chi connectivity index (χ1v) is 10.5. The Morgan fingerprint density at radius 3 is 2.59 bits per heavy atom. The maximum Gasteiger partial charge on any atom is 0.387 e. The lowest BCUT2D eigenvalue weighted by Crippen LogP contribution is -2.28. The Hall–Kier alpha value is -3.34. The normalized spacial score (nSPS) is 18.5. The summed E-state index contributed by atoms with van der Waals surface area (Å²) in [6, 6.07) is 6.98. The Morgan fingerprint density at radius 2 is 1.88 bits per heavy atom. The number of benzene rings is 2. The minimum Gasteiger partial charge on any atom is -0.488 e. The van der Waals surface area contributed by atoms with Crippen molar-refractivity contribution in [2.75, 3.05) is 37.7 Å². The van der Waals surface area contributed by atoms with Gasteiger partial charge >= 0.3 is 6.61 Å². The zero-order valence-electron chi connectivity index (χ0n) is 17.9. The SMILES string of the molecule is O=C1C(Oc2ccc(F)c(F)c2)=CCN1c1ccc(OCCN2CC[C@@H](F)C2)c(OC(F)F)c1. The van der Waals surface area contributed by atoms with Gasteiger partial charge in [-0.15, -0.1) is 0 Å². The van der Waals surface area contributed by atoms with Gasteiger partial charge in [0.25, 0.3) is 5.91 Å². The van der Waals surface area contributed by atoms with Crippen LogP contribution in [0.15, 0.2) is 48.2 Å². The number of carbonyl (C=O) groups excluding carboxylic acids is 1. The predicted octanol–water partition coefficient (Wildman–Crippen LogP) is 4.30. The third kappa shape index (κ3) is 5.58. The molecular formula is C23H21F5N2O4. The third-order valence-electron chi connectivity index (χ3n) is 5.37. The van der Waals surface area contributed by atoms with Crippen molar-refractivity contribution in [1.82, 2.24) is 4.90 Å². The van der Waals surface area contributed by atoms with Gasteiger partial charge in [-0.1, -0.05) is 0 Å². The van der Waals surface area contributed by atoms with Crippen LogP contribution in [0.4, 0.5) is 27.6 Å². The average Bonchev–Trinajstić information content (AvgIpc) is 3.37. The molecule has 1 fully saturated rings. The summed E-state index contributed by atoms with van der Waals surface area (Å²) >= 11 is 0. The Kier molecular flexibility index (Phi) is 7.20. The molecule has 0 bridgehead atoms. The molecule has 2 heterocycles. The van der Waals surface area contributed by atoms with Crippen molar-refractivity contribution < 1.29 is 41.0 Å². The molecule has 34 heavy (non-hydrogen) atoms. The van der Waals surface area contributed by atoms with Gasteiger partial charge in [-0.3, -0.25) is 9.69 Å². The molecule has 0 aliphatic carbocycles. The van der Waals surface area contributed by atoms with Crippen LogP contribution in [0.2, 0.25) is 0 Å². The van der Waals surface area contributed by atoms with Crippen molar-refractivity contribution in [3.8, 4) is 17.2 Å². The molecule has 2 aliphatic rings. The van der Waals surface area contributed by atoms with Crippen molar-refractivity contribution in [1.29, 1.82) is 0 Å². The van der Waals surface area contributed by atoms with Crippen molar-refractivity contribution in [2.45, 2.75) is 19.2 Å². The van der Waals surface area contributed by atoms with E-state index >= 15 is 0 Å². The lowest BCUT2D eigenvalue weighted by atomic mass is 10.2. The number of hydrogen-bond donors (Lipinski definition) is 0. The van der Waals surface area contributed by atoms with Crippen LogP contribution in [-0.2, 0) is 4.79 Å². The lowest BCUT2D eigenvalue weighted by Gasteiger charge is -2.20. The summed E-state index contributed by atoms with van der Waals surface area (Å²) < 4.78 is 81.2. The van der Waals surface area contributed by atoms with Gasteiger partial charge in [0, 0.05) is 44.0 Å². The molecule has 0 unspecified atom stereocenters. The zero-order chi connectivity index (χ0) is 24.2. The monoisotopic (exact) mass is 484 g/mol. The van der Waals surface area contributed by atoms with Gasteiger partial charge in [0.15, 0.2) is 28.9 Å². The summed E-state index contributed by atoms with van der Waals surface area (Å²) in [6.45, 7) is -1.59. The molecule has 4 rings (SSSR count). The Bertz CT molecular complexity index is 1080. The summed E-state index contributed by atoms with van der Waals surface area (Å²) in [4.78, 5) is 15.8. The zero-order valence-corrected chi connectivity index (χ0v) is 17.9. The molecule has 2 aliphatic heterocycles. The van der Waals surface area contributed by atoms with Gasteiger partial charge in [-0.2, -0.15) is 8.78 Å². The van der Waals surface area contributed by atoms with E-state index in [9.17, 15) is 26.7 Å². The standard InChI is InChI=1S/C23H21F5N2O4/c24-14-5-7-29(13-14)9-10-32-19-4-1-15(11-21(19)34-23(27)28)30-8-6-20(22(30)31)33-16-2-3-17(25)18(26)12-16/h1-4,6,11-12,14,23H,5,7-10,13H2/t14-/m1/s1. The molecule has 182 valence electrons. The molecule has 0 radical (unpaired) electrons. The molecule has 11 heteroatoms. The lowest BCUT2D eigenvalue weighted by molar-refractivity contribution is -0.116. The smallest absolute Gasteiger partial charge is 0.387 e. The van der Waals surface area contributed by atoms with Crippen LogP contribution in [0, 0.1) is 11.6 Å². The second-order valence-electron chi connectivity index (χ2n) is 7.71. The summed E-state index contributed by atoms with van der Waals surface area (Å²) in [6.07, 6.45) is 1.00. The summed E-state index contributed by atoms with van der Waals surface area (Å²) in [5, 5.41) is 0. The third-order valence-corrected chi connectivity index (χ3v) is 5.37. The molecule has 2 aromatic rings. The van der Waals surface area contributed by atoms with Crippen molar-refractivity contribution in [3.05, 3.63) is 59.9 Å². The molecule has 2 aromatic carbocycles. The van der Waals surface area contributed by atoms with Crippen LogP contribution in [0.1, 0.15) is 6.42 Å². The van der Waals surface area contributed by atoms with Gasteiger partial charge in [0.2, 0.25) is 0 Å². The maximum atomic E-state index is 13.4. The number of nitrogens with zero attached hydrogens (tertiary/aromatic N) is 2. The molecule has 0 N–H and O–H groups in total. The highest BCUT2D eigenvalue weighted by atomic mass is 19.3. The Labute approximate surface area is 192 Å². The number of ether oxygens (including phenoxy) is 3. The fraction of sp³-hybridized carbons (Fsp3) is 0.348.